The fraction of sp³-hybridized carbons (Fsp3) is 0.950. The average molecular weight is 328 g/mol. The van der Waals surface area contributed by atoms with Gasteiger partial charge in [-0.05, 0) is 39.3 Å². The molecule has 0 radical (unpaired) electrons. The van der Waals surface area contributed by atoms with Gasteiger partial charge in [0.1, 0.15) is 0 Å². The van der Waals surface area contributed by atoms with Crippen LogP contribution in [0.15, 0.2) is 0 Å². The van der Waals surface area contributed by atoms with E-state index >= 15 is 0 Å². The van der Waals surface area contributed by atoms with Crippen molar-refractivity contribution >= 4 is 5.97 Å². The third kappa shape index (κ3) is 16.1. The fourth-order valence-corrected chi connectivity index (χ4v) is 3.29. The summed E-state index contributed by atoms with van der Waals surface area (Å²) in [6, 6.07) is 0.854. The summed E-state index contributed by atoms with van der Waals surface area (Å²) in [5.41, 5.74) is 0. The third-order valence-electron chi connectivity index (χ3n) is 4.74. The van der Waals surface area contributed by atoms with Gasteiger partial charge < -0.3 is 10.0 Å². The number of carboxylic acids is 1. The molecule has 1 N–H and O–H groups in total. The maximum absolute atomic E-state index is 9.00. The highest BCUT2D eigenvalue weighted by Crippen LogP contribution is 2.17. The smallest absolute Gasteiger partial charge is 0.300 e. The zero-order chi connectivity index (χ0) is 17.3. The highest BCUT2D eigenvalue weighted by molar-refractivity contribution is 5.62. The van der Waals surface area contributed by atoms with Gasteiger partial charge >= 0.3 is 0 Å². The summed E-state index contributed by atoms with van der Waals surface area (Å²) in [5.74, 6) is -0.833. The molecule has 138 valence electrons. The summed E-state index contributed by atoms with van der Waals surface area (Å²) in [7, 11) is 0. The van der Waals surface area contributed by atoms with Gasteiger partial charge in [0.25, 0.3) is 5.97 Å². The van der Waals surface area contributed by atoms with Gasteiger partial charge in [0.05, 0.1) is 0 Å². The van der Waals surface area contributed by atoms with Crippen molar-refractivity contribution in [1.29, 1.82) is 0 Å². The van der Waals surface area contributed by atoms with Gasteiger partial charge in [-0.1, -0.05) is 71.1 Å². The van der Waals surface area contributed by atoms with E-state index in [0.717, 1.165) is 13.0 Å². The number of hydrogen-bond donors (Lipinski definition) is 1. The Labute approximate surface area is 144 Å². The lowest BCUT2D eigenvalue weighted by Gasteiger charge is -2.33. The summed E-state index contributed by atoms with van der Waals surface area (Å²) < 4.78 is 0. The van der Waals surface area contributed by atoms with Crippen molar-refractivity contribution in [2.75, 3.05) is 13.1 Å². The monoisotopic (exact) mass is 327 g/mol. The molecular weight excluding hydrogens is 286 g/mol. The maximum atomic E-state index is 9.00. The molecule has 0 aliphatic carbocycles. The zero-order valence-electron chi connectivity index (χ0n) is 16.0. The Hall–Kier alpha value is -0.570. The van der Waals surface area contributed by atoms with E-state index in [-0.39, 0.29) is 0 Å². The second-order valence-corrected chi connectivity index (χ2v) is 7.08. The lowest BCUT2D eigenvalue weighted by atomic mass is 10.0. The zero-order valence-corrected chi connectivity index (χ0v) is 16.0. The van der Waals surface area contributed by atoms with Crippen molar-refractivity contribution in [3.63, 3.8) is 0 Å². The second-order valence-electron chi connectivity index (χ2n) is 7.08. The molecular formula is C20H41NO2. The van der Waals surface area contributed by atoms with Crippen LogP contribution in [0.4, 0.5) is 0 Å². The third-order valence-corrected chi connectivity index (χ3v) is 4.74. The molecule has 1 aliphatic rings. The molecule has 0 aromatic rings. The Morgan fingerprint density at radius 2 is 1.43 bits per heavy atom. The van der Waals surface area contributed by atoms with Crippen LogP contribution >= 0.6 is 0 Å². The number of carbonyl (C=O) groups is 1. The molecule has 23 heavy (non-hydrogen) atoms. The molecule has 1 saturated heterocycles. The van der Waals surface area contributed by atoms with Gasteiger partial charge in [-0.25, -0.2) is 0 Å². The molecule has 1 rings (SSSR count). The first-order valence-electron chi connectivity index (χ1n) is 10.0. The van der Waals surface area contributed by atoms with Crippen molar-refractivity contribution in [2.24, 2.45) is 0 Å². The van der Waals surface area contributed by atoms with Crippen LogP contribution in [-0.2, 0) is 4.79 Å². The van der Waals surface area contributed by atoms with E-state index in [1.807, 2.05) is 0 Å². The molecule has 0 spiro atoms. The highest BCUT2D eigenvalue weighted by Gasteiger charge is 2.16. The van der Waals surface area contributed by atoms with Crippen LogP contribution in [0.2, 0.25) is 0 Å². The molecule has 0 aromatic carbocycles. The number of likely N-dealkylation sites (tertiary alicyclic amines) is 1. The van der Waals surface area contributed by atoms with E-state index in [2.05, 4.69) is 18.7 Å². The molecule has 1 unspecified atom stereocenters. The normalized spacial score (nSPS) is 18.3. The summed E-state index contributed by atoms with van der Waals surface area (Å²) in [6.07, 6.45) is 18.8. The van der Waals surface area contributed by atoms with Crippen LogP contribution < -0.4 is 0 Å². The molecule has 0 aromatic heterocycles. The van der Waals surface area contributed by atoms with Crippen molar-refractivity contribution in [3.05, 3.63) is 0 Å². The quantitative estimate of drug-likeness (QED) is 0.482. The molecule has 3 nitrogen and oxygen atoms in total. The first kappa shape index (κ1) is 22.4. The number of carboxylic acid groups (broad SMARTS) is 1. The van der Waals surface area contributed by atoms with Crippen molar-refractivity contribution < 1.29 is 9.90 Å². The minimum atomic E-state index is -0.833. The van der Waals surface area contributed by atoms with E-state index in [1.54, 1.807) is 0 Å². The number of piperidine rings is 1. The number of unbranched alkanes of at least 4 members (excludes halogenated alkanes) is 9. The van der Waals surface area contributed by atoms with E-state index in [9.17, 15) is 0 Å². The van der Waals surface area contributed by atoms with Crippen LogP contribution in [0, 0.1) is 0 Å². The van der Waals surface area contributed by atoms with Gasteiger partial charge in [-0.3, -0.25) is 4.79 Å². The topological polar surface area (TPSA) is 40.5 Å². The molecule has 1 atom stereocenters. The molecule has 0 bridgehead atoms. The molecule has 1 aliphatic heterocycles. The fourth-order valence-electron chi connectivity index (χ4n) is 3.29. The Balaban J connectivity index is 0.00000108. The Morgan fingerprint density at radius 1 is 0.957 bits per heavy atom. The second kappa shape index (κ2) is 16.3. The lowest BCUT2D eigenvalue weighted by molar-refractivity contribution is -0.134. The van der Waals surface area contributed by atoms with Crippen LogP contribution in [0.3, 0.4) is 0 Å². The van der Waals surface area contributed by atoms with Crippen LogP contribution in [0.25, 0.3) is 0 Å². The predicted octanol–water partition coefficient (Wildman–Crippen LogP) is 5.87. The number of aliphatic carboxylic acids is 1. The number of rotatable bonds is 11. The highest BCUT2D eigenvalue weighted by atomic mass is 16.4. The molecule has 3 heteroatoms. The molecule has 0 amide bonds. The summed E-state index contributed by atoms with van der Waals surface area (Å²) in [5, 5.41) is 7.42. The van der Waals surface area contributed by atoms with E-state index in [0.29, 0.717) is 0 Å². The van der Waals surface area contributed by atoms with Crippen LogP contribution in [0.1, 0.15) is 104 Å². The lowest BCUT2D eigenvalue weighted by Crippen LogP contribution is -2.37. The first-order valence-corrected chi connectivity index (χ1v) is 10.0. The summed E-state index contributed by atoms with van der Waals surface area (Å²) in [6.45, 7) is 8.51. The van der Waals surface area contributed by atoms with E-state index in [1.165, 1.54) is 96.6 Å². The van der Waals surface area contributed by atoms with Gasteiger partial charge in [-0.15, -0.1) is 0 Å². The standard InChI is InChI=1S/C18H37N.C2H4O2/c1-3-4-5-6-7-8-9-10-11-13-16-19-17-14-12-15-18(19)2;1-2(3)4/h18H,3-17H2,1-2H3;1H3,(H,3,4). The number of hydrogen-bond acceptors (Lipinski definition) is 2. The summed E-state index contributed by atoms with van der Waals surface area (Å²) in [4.78, 5) is 11.7. The Kier molecular flexibility index (Phi) is 15.9. The predicted molar refractivity (Wildman–Crippen MR) is 100 cm³/mol. The SMILES string of the molecule is CC(=O)O.CCCCCCCCCCCCN1CCCCC1C. The minimum absolute atomic E-state index is 0.833. The summed E-state index contributed by atoms with van der Waals surface area (Å²) >= 11 is 0. The van der Waals surface area contributed by atoms with Crippen molar-refractivity contribution in [2.45, 2.75) is 110 Å². The Bertz CT molecular complexity index is 264. The molecule has 0 saturated carbocycles. The van der Waals surface area contributed by atoms with Crippen LogP contribution in [0.5, 0.6) is 0 Å². The molecule has 1 heterocycles. The van der Waals surface area contributed by atoms with Gasteiger partial charge in [-0.2, -0.15) is 0 Å². The van der Waals surface area contributed by atoms with E-state index in [4.69, 9.17) is 9.90 Å². The first-order chi connectivity index (χ1) is 11.1. The van der Waals surface area contributed by atoms with Crippen LogP contribution in [-0.4, -0.2) is 35.1 Å². The molecule has 1 fully saturated rings. The van der Waals surface area contributed by atoms with Crippen molar-refractivity contribution in [1.82, 2.24) is 4.90 Å². The number of nitrogens with zero attached hydrogens (tertiary/aromatic N) is 1. The van der Waals surface area contributed by atoms with Crippen molar-refractivity contribution in [3.8, 4) is 0 Å². The largest absolute Gasteiger partial charge is 0.481 e. The van der Waals surface area contributed by atoms with Gasteiger partial charge in [0, 0.05) is 13.0 Å². The Morgan fingerprint density at radius 3 is 1.91 bits per heavy atom. The van der Waals surface area contributed by atoms with Gasteiger partial charge in [0.2, 0.25) is 0 Å². The van der Waals surface area contributed by atoms with E-state index < -0.39 is 5.97 Å². The minimum Gasteiger partial charge on any atom is -0.481 e. The van der Waals surface area contributed by atoms with Gasteiger partial charge in [0.15, 0.2) is 0 Å². The maximum Gasteiger partial charge on any atom is 0.300 e. The average Bonchev–Trinajstić information content (AvgIpc) is 2.50.